The fourth-order valence-electron chi connectivity index (χ4n) is 5.53. The van der Waals surface area contributed by atoms with E-state index in [0.717, 1.165) is 23.6 Å². The van der Waals surface area contributed by atoms with E-state index >= 15 is 0 Å². The van der Waals surface area contributed by atoms with E-state index < -0.39 is 0 Å². The van der Waals surface area contributed by atoms with Crippen LogP contribution in [-0.4, -0.2) is 52.4 Å². The van der Waals surface area contributed by atoms with Crippen LogP contribution in [-0.2, 0) is 6.54 Å². The van der Waals surface area contributed by atoms with Gasteiger partial charge in [-0.15, -0.1) is 0 Å². The van der Waals surface area contributed by atoms with Crippen molar-refractivity contribution in [1.82, 2.24) is 19.4 Å². The molecule has 0 fully saturated rings. The molecule has 1 atom stereocenters. The molecule has 0 saturated heterocycles. The first-order valence-electron chi connectivity index (χ1n) is 13.8. The van der Waals surface area contributed by atoms with Crippen molar-refractivity contribution in [2.45, 2.75) is 40.3 Å². The summed E-state index contributed by atoms with van der Waals surface area (Å²) in [6, 6.07) is 30.2. The number of rotatable bonds is 11. The fraction of sp³-hybridized carbons (Fsp3) is 0.353. The van der Waals surface area contributed by atoms with E-state index in [9.17, 15) is 4.79 Å². The number of hydrogen-bond acceptors (Lipinski definition) is 3. The van der Waals surface area contributed by atoms with Crippen LogP contribution in [0.3, 0.4) is 0 Å². The number of imidazole rings is 1. The maximum Gasteiger partial charge on any atom is 0.254 e. The average Bonchev–Trinajstić information content (AvgIpc) is 3.31. The molecular formula is C34H42N4O. The molecule has 4 rings (SSSR count). The lowest BCUT2D eigenvalue weighted by Gasteiger charge is -2.40. The minimum atomic E-state index is -0.208. The van der Waals surface area contributed by atoms with Crippen LogP contribution in [0, 0.1) is 11.3 Å². The minimum Gasteiger partial charge on any atom is -0.328 e. The molecule has 0 aliphatic carbocycles. The van der Waals surface area contributed by atoms with Gasteiger partial charge in [0.1, 0.15) is 5.82 Å². The second-order valence-corrected chi connectivity index (χ2v) is 11.9. The lowest BCUT2D eigenvalue weighted by molar-refractivity contribution is 0.0457. The van der Waals surface area contributed by atoms with Crippen LogP contribution < -0.4 is 0 Å². The Labute approximate surface area is 234 Å². The topological polar surface area (TPSA) is 41.4 Å². The number of carbonyl (C=O) groups is 1. The SMILES string of the molecule is CC(C)C(c1nc(-c2ccccc2)cn1Cc1ccccc1)N(CC(C)(C)CN(C)C)C(=O)c1ccccc1. The van der Waals surface area contributed by atoms with Gasteiger partial charge in [-0.05, 0) is 43.1 Å². The molecule has 5 nitrogen and oxygen atoms in total. The van der Waals surface area contributed by atoms with Crippen LogP contribution >= 0.6 is 0 Å². The predicted octanol–water partition coefficient (Wildman–Crippen LogP) is 7.03. The second-order valence-electron chi connectivity index (χ2n) is 11.9. The van der Waals surface area contributed by atoms with Crippen molar-refractivity contribution >= 4 is 5.91 Å². The molecule has 1 unspecified atom stereocenters. The van der Waals surface area contributed by atoms with Gasteiger partial charge in [0.15, 0.2) is 0 Å². The molecule has 0 N–H and O–H groups in total. The zero-order chi connectivity index (χ0) is 28.0. The van der Waals surface area contributed by atoms with E-state index in [0.29, 0.717) is 18.7 Å². The molecule has 1 heterocycles. The molecule has 4 aromatic rings. The molecule has 0 saturated carbocycles. The maximum atomic E-state index is 14.2. The highest BCUT2D eigenvalue weighted by atomic mass is 16.2. The third kappa shape index (κ3) is 7.24. The quantitative estimate of drug-likeness (QED) is 0.212. The highest BCUT2D eigenvalue weighted by molar-refractivity contribution is 5.94. The molecule has 204 valence electrons. The average molecular weight is 523 g/mol. The highest BCUT2D eigenvalue weighted by Gasteiger charge is 2.36. The highest BCUT2D eigenvalue weighted by Crippen LogP contribution is 2.35. The molecule has 0 aliphatic heterocycles. The summed E-state index contributed by atoms with van der Waals surface area (Å²) in [5.41, 5.74) is 3.77. The standard InChI is InChI=1S/C34H42N4O/c1-26(2)31(38(25-34(3,4)24-36(5)6)33(39)29-20-14-9-15-21-29)32-35-30(28-18-12-8-13-19-28)23-37(32)22-27-16-10-7-11-17-27/h7-21,23,26,31H,22,24-25H2,1-6H3. The first-order valence-corrected chi connectivity index (χ1v) is 13.8. The molecular weight excluding hydrogens is 480 g/mol. The molecule has 1 amide bonds. The zero-order valence-electron chi connectivity index (χ0n) is 24.2. The summed E-state index contributed by atoms with van der Waals surface area (Å²) in [7, 11) is 4.17. The molecule has 39 heavy (non-hydrogen) atoms. The Balaban J connectivity index is 1.85. The summed E-state index contributed by atoms with van der Waals surface area (Å²) in [4.78, 5) is 23.8. The van der Waals surface area contributed by atoms with Gasteiger partial charge in [0.2, 0.25) is 0 Å². The van der Waals surface area contributed by atoms with Gasteiger partial charge < -0.3 is 14.4 Å². The Hall–Kier alpha value is -3.70. The van der Waals surface area contributed by atoms with Gasteiger partial charge in [0, 0.05) is 37.0 Å². The van der Waals surface area contributed by atoms with Crippen molar-refractivity contribution in [2.24, 2.45) is 11.3 Å². The van der Waals surface area contributed by atoms with E-state index in [-0.39, 0.29) is 23.3 Å². The number of aromatic nitrogens is 2. The van der Waals surface area contributed by atoms with Crippen LogP contribution in [0.2, 0.25) is 0 Å². The summed E-state index contributed by atoms with van der Waals surface area (Å²) in [6.45, 7) is 11.0. The summed E-state index contributed by atoms with van der Waals surface area (Å²) in [5, 5.41) is 0. The largest absolute Gasteiger partial charge is 0.328 e. The van der Waals surface area contributed by atoms with Crippen molar-refractivity contribution < 1.29 is 4.79 Å². The molecule has 3 aromatic carbocycles. The van der Waals surface area contributed by atoms with Crippen molar-refractivity contribution in [2.75, 3.05) is 27.2 Å². The smallest absolute Gasteiger partial charge is 0.254 e. The van der Waals surface area contributed by atoms with Gasteiger partial charge in [-0.3, -0.25) is 4.79 Å². The lowest BCUT2D eigenvalue weighted by Crippen LogP contribution is -2.46. The molecule has 1 aromatic heterocycles. The zero-order valence-corrected chi connectivity index (χ0v) is 24.2. The lowest BCUT2D eigenvalue weighted by atomic mass is 9.89. The van der Waals surface area contributed by atoms with Crippen LogP contribution in [0.15, 0.2) is 97.2 Å². The van der Waals surface area contributed by atoms with E-state index in [1.54, 1.807) is 0 Å². The number of hydrogen-bond donors (Lipinski definition) is 0. The third-order valence-electron chi connectivity index (χ3n) is 6.93. The molecule has 0 aliphatic rings. The van der Waals surface area contributed by atoms with E-state index in [1.165, 1.54) is 5.56 Å². The Morgan fingerprint density at radius 1 is 0.846 bits per heavy atom. The summed E-state index contributed by atoms with van der Waals surface area (Å²) in [6.07, 6.45) is 2.14. The molecule has 0 bridgehead atoms. The first kappa shape index (κ1) is 28.3. The van der Waals surface area contributed by atoms with Crippen LogP contribution in [0.1, 0.15) is 55.5 Å². The van der Waals surface area contributed by atoms with Crippen molar-refractivity contribution in [3.8, 4) is 11.3 Å². The number of amides is 1. The fourth-order valence-corrected chi connectivity index (χ4v) is 5.53. The molecule has 0 radical (unpaired) electrons. The van der Waals surface area contributed by atoms with E-state index in [4.69, 9.17) is 4.98 Å². The Morgan fingerprint density at radius 2 is 1.41 bits per heavy atom. The second kappa shape index (κ2) is 12.4. The molecule has 5 heteroatoms. The van der Waals surface area contributed by atoms with Gasteiger partial charge in [-0.2, -0.15) is 0 Å². The van der Waals surface area contributed by atoms with E-state index in [2.05, 4.69) is 98.8 Å². The van der Waals surface area contributed by atoms with Crippen LogP contribution in [0.4, 0.5) is 0 Å². The van der Waals surface area contributed by atoms with Gasteiger partial charge in [-0.25, -0.2) is 4.98 Å². The van der Waals surface area contributed by atoms with E-state index in [1.807, 2.05) is 54.6 Å². The number of benzene rings is 3. The van der Waals surface area contributed by atoms with Gasteiger partial charge in [-0.1, -0.05) is 107 Å². The Kier molecular flexibility index (Phi) is 9.03. The van der Waals surface area contributed by atoms with Crippen molar-refractivity contribution in [3.05, 3.63) is 114 Å². The predicted molar refractivity (Wildman–Crippen MR) is 161 cm³/mol. The van der Waals surface area contributed by atoms with Gasteiger partial charge in [0.25, 0.3) is 5.91 Å². The summed E-state index contributed by atoms with van der Waals surface area (Å²) in [5.74, 6) is 1.10. The number of carbonyl (C=O) groups excluding carboxylic acids is 1. The third-order valence-corrected chi connectivity index (χ3v) is 6.93. The van der Waals surface area contributed by atoms with Gasteiger partial charge in [0.05, 0.1) is 11.7 Å². The Bertz CT molecular complexity index is 1330. The summed E-state index contributed by atoms with van der Waals surface area (Å²) >= 11 is 0. The minimum absolute atomic E-state index is 0.0386. The summed E-state index contributed by atoms with van der Waals surface area (Å²) < 4.78 is 2.24. The van der Waals surface area contributed by atoms with Crippen LogP contribution in [0.5, 0.6) is 0 Å². The molecule has 0 spiro atoms. The van der Waals surface area contributed by atoms with Crippen LogP contribution in [0.25, 0.3) is 11.3 Å². The Morgan fingerprint density at radius 3 is 1.97 bits per heavy atom. The first-order chi connectivity index (χ1) is 18.6. The number of nitrogens with zero attached hydrogens (tertiary/aromatic N) is 4. The monoisotopic (exact) mass is 522 g/mol. The van der Waals surface area contributed by atoms with Crippen molar-refractivity contribution in [1.29, 1.82) is 0 Å². The van der Waals surface area contributed by atoms with Crippen molar-refractivity contribution in [3.63, 3.8) is 0 Å². The normalized spacial score (nSPS) is 12.6. The van der Waals surface area contributed by atoms with Gasteiger partial charge >= 0.3 is 0 Å². The maximum absolute atomic E-state index is 14.2.